The molecule has 1 aromatic carbocycles. The summed E-state index contributed by atoms with van der Waals surface area (Å²) in [5.41, 5.74) is 1.66. The minimum atomic E-state index is 0.298. The number of nitrogens with zero attached hydrogens (tertiary/aromatic N) is 4. The van der Waals surface area contributed by atoms with Crippen molar-refractivity contribution in [3.8, 4) is 0 Å². The van der Waals surface area contributed by atoms with Crippen molar-refractivity contribution in [1.29, 1.82) is 0 Å². The molecule has 0 unspecified atom stereocenters. The molecule has 0 atom stereocenters. The molecule has 5 nitrogen and oxygen atoms in total. The molecule has 1 aliphatic carbocycles. The van der Waals surface area contributed by atoms with Gasteiger partial charge in [0.1, 0.15) is 5.82 Å². The first-order valence-corrected chi connectivity index (χ1v) is 8.54. The van der Waals surface area contributed by atoms with Crippen molar-refractivity contribution in [2.45, 2.75) is 19.3 Å². The van der Waals surface area contributed by atoms with Crippen LogP contribution >= 0.6 is 11.6 Å². The maximum absolute atomic E-state index is 12.2. The fourth-order valence-corrected chi connectivity index (χ4v) is 3.25. The maximum Gasteiger partial charge on any atom is 0.225 e. The van der Waals surface area contributed by atoms with E-state index in [1.54, 1.807) is 6.20 Å². The number of carbonyl (C=O) groups excluding carboxylic acids is 1. The molecule has 0 radical (unpaired) electrons. The summed E-state index contributed by atoms with van der Waals surface area (Å²) in [6.07, 6.45) is 4.91. The fourth-order valence-electron chi connectivity index (χ4n) is 3.08. The minimum Gasteiger partial charge on any atom is -0.353 e. The van der Waals surface area contributed by atoms with Crippen LogP contribution in [0.2, 0.25) is 5.02 Å². The van der Waals surface area contributed by atoms with Gasteiger partial charge in [-0.15, -0.1) is 0 Å². The first-order valence-electron chi connectivity index (χ1n) is 8.17. The SMILES string of the molecule is O=C(C1CC1)N1CCCN(c2cnc3cc(Cl)ccc3n2)CC1. The second-order valence-electron chi connectivity index (χ2n) is 6.30. The Bertz CT molecular complexity index is 746. The van der Waals surface area contributed by atoms with Gasteiger partial charge in [-0.25, -0.2) is 4.98 Å². The number of rotatable bonds is 2. The van der Waals surface area contributed by atoms with Crippen LogP contribution in [-0.2, 0) is 4.79 Å². The number of fused-ring (bicyclic) bond motifs is 1. The number of amides is 1. The molecule has 23 heavy (non-hydrogen) atoms. The Labute approximate surface area is 140 Å². The molecule has 2 fully saturated rings. The molecule has 1 aliphatic heterocycles. The lowest BCUT2D eigenvalue weighted by Gasteiger charge is -2.22. The number of carbonyl (C=O) groups is 1. The lowest BCUT2D eigenvalue weighted by Crippen LogP contribution is -2.36. The van der Waals surface area contributed by atoms with E-state index < -0.39 is 0 Å². The molecule has 4 rings (SSSR count). The van der Waals surface area contributed by atoms with E-state index in [-0.39, 0.29) is 0 Å². The Morgan fingerprint density at radius 3 is 2.83 bits per heavy atom. The van der Waals surface area contributed by atoms with Gasteiger partial charge in [0.05, 0.1) is 17.2 Å². The summed E-state index contributed by atoms with van der Waals surface area (Å²) >= 11 is 5.99. The molecule has 2 aromatic rings. The summed E-state index contributed by atoms with van der Waals surface area (Å²) in [6.45, 7) is 3.34. The number of hydrogen-bond acceptors (Lipinski definition) is 4. The summed E-state index contributed by atoms with van der Waals surface area (Å²) in [7, 11) is 0. The van der Waals surface area contributed by atoms with Crippen molar-refractivity contribution in [3.63, 3.8) is 0 Å². The molecular formula is C17H19ClN4O. The molecule has 0 bridgehead atoms. The lowest BCUT2D eigenvalue weighted by atomic mass is 10.3. The van der Waals surface area contributed by atoms with E-state index in [1.165, 1.54) is 0 Å². The Morgan fingerprint density at radius 2 is 2.00 bits per heavy atom. The van der Waals surface area contributed by atoms with E-state index >= 15 is 0 Å². The monoisotopic (exact) mass is 330 g/mol. The van der Waals surface area contributed by atoms with Gasteiger partial charge in [0.15, 0.2) is 0 Å². The van der Waals surface area contributed by atoms with Crippen molar-refractivity contribution in [2.24, 2.45) is 5.92 Å². The smallest absolute Gasteiger partial charge is 0.225 e. The van der Waals surface area contributed by atoms with Gasteiger partial charge in [0.25, 0.3) is 0 Å². The summed E-state index contributed by atoms with van der Waals surface area (Å²) in [5, 5.41) is 0.670. The second-order valence-corrected chi connectivity index (χ2v) is 6.74. The highest BCUT2D eigenvalue weighted by atomic mass is 35.5. The molecule has 1 amide bonds. The van der Waals surface area contributed by atoms with Crippen molar-refractivity contribution in [1.82, 2.24) is 14.9 Å². The van der Waals surface area contributed by atoms with Crippen LogP contribution in [0, 0.1) is 5.92 Å². The van der Waals surface area contributed by atoms with Gasteiger partial charge in [0, 0.05) is 37.1 Å². The molecule has 1 saturated carbocycles. The van der Waals surface area contributed by atoms with Gasteiger partial charge in [-0.05, 0) is 37.5 Å². The van der Waals surface area contributed by atoms with Crippen LogP contribution < -0.4 is 4.90 Å². The van der Waals surface area contributed by atoms with Crippen molar-refractivity contribution >= 4 is 34.4 Å². The number of benzene rings is 1. The Morgan fingerprint density at radius 1 is 1.13 bits per heavy atom. The molecule has 2 aliphatic rings. The van der Waals surface area contributed by atoms with E-state index in [4.69, 9.17) is 16.6 Å². The summed E-state index contributed by atoms with van der Waals surface area (Å²) in [6, 6.07) is 5.56. The third kappa shape index (κ3) is 3.11. The Balaban J connectivity index is 1.51. The third-order valence-electron chi connectivity index (χ3n) is 4.55. The summed E-state index contributed by atoms with van der Waals surface area (Å²) in [4.78, 5) is 25.6. The topological polar surface area (TPSA) is 49.3 Å². The molecule has 1 saturated heterocycles. The first kappa shape index (κ1) is 14.7. The fraction of sp³-hybridized carbons (Fsp3) is 0.471. The second kappa shape index (κ2) is 5.96. The van der Waals surface area contributed by atoms with Crippen molar-refractivity contribution in [3.05, 3.63) is 29.4 Å². The van der Waals surface area contributed by atoms with Gasteiger partial charge >= 0.3 is 0 Å². The molecule has 2 heterocycles. The summed E-state index contributed by atoms with van der Waals surface area (Å²) < 4.78 is 0. The maximum atomic E-state index is 12.2. The van der Waals surface area contributed by atoms with Gasteiger partial charge in [-0.2, -0.15) is 0 Å². The van der Waals surface area contributed by atoms with E-state index in [0.717, 1.165) is 62.3 Å². The average Bonchev–Trinajstić information content (AvgIpc) is 3.40. The number of aromatic nitrogens is 2. The van der Waals surface area contributed by atoms with E-state index in [0.29, 0.717) is 16.8 Å². The standard InChI is InChI=1S/C17H19ClN4O/c18-13-4-5-14-15(10-13)19-11-16(20-14)21-6-1-7-22(9-8-21)17(23)12-2-3-12/h4-5,10-12H,1-3,6-9H2. The highest BCUT2D eigenvalue weighted by Crippen LogP contribution is 2.31. The highest BCUT2D eigenvalue weighted by Gasteiger charge is 2.34. The molecule has 6 heteroatoms. The first-order chi connectivity index (χ1) is 11.2. The Kier molecular flexibility index (Phi) is 3.81. The van der Waals surface area contributed by atoms with Crippen LogP contribution in [0.1, 0.15) is 19.3 Å². The van der Waals surface area contributed by atoms with Gasteiger partial charge < -0.3 is 9.80 Å². The van der Waals surface area contributed by atoms with E-state index in [2.05, 4.69) is 9.88 Å². The molecule has 0 N–H and O–H groups in total. The van der Waals surface area contributed by atoms with Crippen molar-refractivity contribution < 1.29 is 4.79 Å². The zero-order valence-corrected chi connectivity index (χ0v) is 13.7. The number of halogens is 1. The average molecular weight is 331 g/mol. The van der Waals surface area contributed by atoms with Crippen LogP contribution in [-0.4, -0.2) is 47.0 Å². The van der Waals surface area contributed by atoms with Crippen LogP contribution in [0.15, 0.2) is 24.4 Å². The quantitative estimate of drug-likeness (QED) is 0.849. The van der Waals surface area contributed by atoms with Crippen LogP contribution in [0.4, 0.5) is 5.82 Å². The molecule has 120 valence electrons. The third-order valence-corrected chi connectivity index (χ3v) is 4.78. The minimum absolute atomic E-state index is 0.298. The molecular weight excluding hydrogens is 312 g/mol. The normalized spacial score (nSPS) is 19.0. The highest BCUT2D eigenvalue weighted by molar-refractivity contribution is 6.31. The zero-order valence-electron chi connectivity index (χ0n) is 12.9. The van der Waals surface area contributed by atoms with Crippen molar-refractivity contribution in [2.75, 3.05) is 31.1 Å². The molecule has 1 aromatic heterocycles. The number of hydrogen-bond donors (Lipinski definition) is 0. The molecule has 0 spiro atoms. The predicted octanol–water partition coefficient (Wildman–Crippen LogP) is 2.73. The van der Waals surface area contributed by atoms with Gasteiger partial charge in [0.2, 0.25) is 5.91 Å². The van der Waals surface area contributed by atoms with E-state index in [9.17, 15) is 4.79 Å². The van der Waals surface area contributed by atoms with Crippen LogP contribution in [0.3, 0.4) is 0 Å². The number of anilines is 1. The zero-order chi connectivity index (χ0) is 15.8. The predicted molar refractivity (Wildman–Crippen MR) is 90.7 cm³/mol. The van der Waals surface area contributed by atoms with Gasteiger partial charge in [-0.3, -0.25) is 9.78 Å². The van der Waals surface area contributed by atoms with Crippen LogP contribution in [0.5, 0.6) is 0 Å². The Hall–Kier alpha value is -1.88. The van der Waals surface area contributed by atoms with Gasteiger partial charge in [-0.1, -0.05) is 11.6 Å². The largest absolute Gasteiger partial charge is 0.353 e. The summed E-state index contributed by atoms with van der Waals surface area (Å²) in [5.74, 6) is 1.51. The lowest BCUT2D eigenvalue weighted by molar-refractivity contribution is -0.132. The van der Waals surface area contributed by atoms with Crippen LogP contribution in [0.25, 0.3) is 11.0 Å². The van der Waals surface area contributed by atoms with E-state index in [1.807, 2.05) is 23.1 Å².